The highest BCUT2D eigenvalue weighted by molar-refractivity contribution is 6.44. The van der Waals surface area contributed by atoms with Gasteiger partial charge in [-0.3, -0.25) is 24.2 Å². The molecule has 2 aliphatic heterocycles. The third kappa shape index (κ3) is 3.78. The van der Waals surface area contributed by atoms with Crippen molar-refractivity contribution >= 4 is 40.4 Å². The minimum Gasteiger partial charge on any atom is -0.443 e. The number of H-pyrrole nitrogens is 1. The summed E-state index contributed by atoms with van der Waals surface area (Å²) >= 11 is 0. The summed E-state index contributed by atoms with van der Waals surface area (Å²) in [7, 11) is 1.11. The summed E-state index contributed by atoms with van der Waals surface area (Å²) in [5.74, 6) is -3.79. The molecule has 11 nitrogen and oxygen atoms in total. The Labute approximate surface area is 213 Å². The number of rotatable bonds is 2. The van der Waals surface area contributed by atoms with Gasteiger partial charge in [0.1, 0.15) is 23.3 Å². The maximum Gasteiger partial charge on any atom is 0.415 e. The molecule has 0 spiro atoms. The van der Waals surface area contributed by atoms with Crippen molar-refractivity contribution in [3.8, 4) is 0 Å². The minimum absolute atomic E-state index is 0.0213. The first-order valence-electron chi connectivity index (χ1n) is 11.4. The molecule has 2 unspecified atom stereocenters. The molecule has 0 aliphatic carbocycles. The van der Waals surface area contributed by atoms with Crippen molar-refractivity contribution in [3.63, 3.8) is 0 Å². The summed E-state index contributed by atoms with van der Waals surface area (Å²) in [5, 5.41) is 6.09. The van der Waals surface area contributed by atoms with Crippen molar-refractivity contribution in [1.82, 2.24) is 20.0 Å². The van der Waals surface area contributed by atoms with E-state index in [4.69, 9.17) is 4.74 Å². The smallest absolute Gasteiger partial charge is 0.415 e. The number of nitrogens with zero attached hydrogens (tertiary/aromatic N) is 4. The van der Waals surface area contributed by atoms with Crippen LogP contribution in [0.15, 0.2) is 41.2 Å². The zero-order valence-electron chi connectivity index (χ0n) is 20.6. The normalized spacial score (nSPS) is 19.5. The SMILES string of the molecule is CN1C(=O)C(=O)N(C2c3n[nH]c(=O)c4cc(F)cc(c34)N(C(=O)OC(C)(C)C)C2c2ccc(F)cc2)C1=O. The lowest BCUT2D eigenvalue weighted by atomic mass is 9.87. The van der Waals surface area contributed by atoms with Crippen LogP contribution >= 0.6 is 0 Å². The zero-order valence-corrected chi connectivity index (χ0v) is 20.6. The second-order valence-electron chi connectivity index (χ2n) is 9.90. The van der Waals surface area contributed by atoms with Crippen LogP contribution in [0.3, 0.4) is 0 Å². The number of carbonyl (C=O) groups is 4. The van der Waals surface area contributed by atoms with E-state index in [1.165, 1.54) is 12.1 Å². The van der Waals surface area contributed by atoms with Gasteiger partial charge in [0, 0.05) is 12.4 Å². The number of amides is 5. The summed E-state index contributed by atoms with van der Waals surface area (Å²) in [6.45, 7) is 4.80. The van der Waals surface area contributed by atoms with Crippen LogP contribution in [0.25, 0.3) is 10.8 Å². The first kappa shape index (κ1) is 25.0. The number of urea groups is 1. The summed E-state index contributed by atoms with van der Waals surface area (Å²) in [6, 6.07) is 2.90. The molecule has 2 aromatic carbocycles. The lowest BCUT2D eigenvalue weighted by molar-refractivity contribution is -0.143. The molecule has 0 saturated carbocycles. The maximum absolute atomic E-state index is 14.8. The third-order valence-corrected chi connectivity index (χ3v) is 6.26. The predicted molar refractivity (Wildman–Crippen MR) is 128 cm³/mol. The Morgan fingerprint density at radius 3 is 2.21 bits per heavy atom. The van der Waals surface area contributed by atoms with Crippen molar-refractivity contribution in [3.05, 3.63) is 69.6 Å². The molecular weight excluding hydrogens is 504 g/mol. The number of carbonyl (C=O) groups excluding carboxylic acids is 4. The van der Waals surface area contributed by atoms with E-state index in [-0.39, 0.29) is 27.7 Å². The number of hydrogen-bond acceptors (Lipinski definition) is 7. The van der Waals surface area contributed by atoms with E-state index in [9.17, 15) is 32.8 Å². The van der Waals surface area contributed by atoms with Gasteiger partial charge in [0.15, 0.2) is 0 Å². The van der Waals surface area contributed by atoms with Crippen molar-refractivity contribution in [1.29, 1.82) is 0 Å². The van der Waals surface area contributed by atoms with Crippen LogP contribution in [0, 0.1) is 11.6 Å². The second kappa shape index (κ2) is 8.43. The van der Waals surface area contributed by atoms with E-state index < -0.39 is 58.8 Å². The van der Waals surface area contributed by atoms with Gasteiger partial charge in [0.05, 0.1) is 22.8 Å². The Balaban J connectivity index is 1.89. The number of hydrogen-bond donors (Lipinski definition) is 1. The van der Waals surface area contributed by atoms with Gasteiger partial charge in [-0.25, -0.2) is 28.4 Å². The standard InChI is InChI=1S/C25H21F2N5O6/c1-25(2,3)38-24(37)31-15-10-13(27)9-14-16(15)17(28-29-20(14)33)19(18(31)11-5-7-12(26)8-6-11)32-22(35)21(34)30(4)23(32)36/h5-10,18-19H,1-4H3,(H,29,33). The molecule has 1 aromatic heterocycles. The van der Waals surface area contributed by atoms with Crippen LogP contribution in [0.4, 0.5) is 24.1 Å². The first-order chi connectivity index (χ1) is 17.8. The molecule has 38 heavy (non-hydrogen) atoms. The second-order valence-corrected chi connectivity index (χ2v) is 9.90. The van der Waals surface area contributed by atoms with Crippen LogP contribution in [0.2, 0.25) is 0 Å². The number of likely N-dealkylation sites (N-methyl/N-ethyl adjacent to an activating group) is 1. The van der Waals surface area contributed by atoms with Crippen LogP contribution in [0.1, 0.15) is 44.1 Å². The Hall–Kier alpha value is -4.68. The molecule has 1 N–H and O–H groups in total. The number of imide groups is 2. The van der Waals surface area contributed by atoms with Crippen molar-refractivity contribution in [2.45, 2.75) is 38.5 Å². The number of ether oxygens (including phenoxy) is 1. The van der Waals surface area contributed by atoms with Crippen molar-refractivity contribution in [2.75, 3.05) is 11.9 Å². The van der Waals surface area contributed by atoms with Crippen LogP contribution in [-0.2, 0) is 14.3 Å². The molecule has 5 amide bonds. The fraction of sp³-hybridized carbons (Fsp3) is 0.280. The number of aromatic nitrogens is 2. The lowest BCUT2D eigenvalue weighted by Gasteiger charge is -2.43. The molecule has 0 radical (unpaired) electrons. The van der Waals surface area contributed by atoms with E-state index >= 15 is 0 Å². The van der Waals surface area contributed by atoms with E-state index in [0.717, 1.165) is 36.2 Å². The van der Waals surface area contributed by atoms with Crippen LogP contribution in [-0.4, -0.2) is 56.6 Å². The average Bonchev–Trinajstić information content (AvgIpc) is 3.02. The maximum atomic E-state index is 14.8. The summed E-state index contributed by atoms with van der Waals surface area (Å²) < 4.78 is 34.3. The summed E-state index contributed by atoms with van der Waals surface area (Å²) in [6.07, 6.45) is -1.01. The fourth-order valence-electron chi connectivity index (χ4n) is 4.72. The fourth-order valence-corrected chi connectivity index (χ4v) is 4.72. The third-order valence-electron chi connectivity index (χ3n) is 6.26. The van der Waals surface area contributed by atoms with Gasteiger partial charge in [0.2, 0.25) is 0 Å². The summed E-state index contributed by atoms with van der Waals surface area (Å²) in [5.41, 5.74) is -1.81. The Kier molecular flexibility index (Phi) is 5.54. The summed E-state index contributed by atoms with van der Waals surface area (Å²) in [4.78, 5) is 67.3. The topological polar surface area (TPSA) is 133 Å². The molecule has 3 aromatic rings. The predicted octanol–water partition coefficient (Wildman–Crippen LogP) is 3.16. The minimum atomic E-state index is -1.49. The van der Waals surface area contributed by atoms with Gasteiger partial charge >= 0.3 is 23.9 Å². The quantitative estimate of drug-likeness (QED) is 0.401. The monoisotopic (exact) mass is 525 g/mol. The highest BCUT2D eigenvalue weighted by Crippen LogP contribution is 2.50. The lowest BCUT2D eigenvalue weighted by Crippen LogP contribution is -2.50. The molecule has 1 saturated heterocycles. The first-order valence-corrected chi connectivity index (χ1v) is 11.4. The molecule has 5 rings (SSSR count). The highest BCUT2D eigenvalue weighted by atomic mass is 19.1. The Bertz CT molecular complexity index is 1600. The Morgan fingerprint density at radius 1 is 0.974 bits per heavy atom. The number of halogens is 2. The molecule has 13 heteroatoms. The molecule has 2 atom stereocenters. The van der Waals surface area contributed by atoms with E-state index in [1.54, 1.807) is 20.8 Å². The molecule has 2 aliphatic rings. The number of benzene rings is 2. The van der Waals surface area contributed by atoms with Gasteiger partial charge in [-0.15, -0.1) is 0 Å². The zero-order chi connectivity index (χ0) is 27.7. The van der Waals surface area contributed by atoms with Gasteiger partial charge in [-0.1, -0.05) is 12.1 Å². The Morgan fingerprint density at radius 2 is 1.63 bits per heavy atom. The highest BCUT2D eigenvalue weighted by Gasteiger charge is 2.54. The van der Waals surface area contributed by atoms with Gasteiger partial charge in [-0.2, -0.15) is 5.10 Å². The van der Waals surface area contributed by atoms with E-state index in [0.29, 0.717) is 9.80 Å². The van der Waals surface area contributed by atoms with E-state index in [2.05, 4.69) is 10.2 Å². The molecule has 1 fully saturated rings. The van der Waals surface area contributed by atoms with Gasteiger partial charge < -0.3 is 4.74 Å². The van der Waals surface area contributed by atoms with Crippen molar-refractivity contribution < 1.29 is 32.7 Å². The van der Waals surface area contributed by atoms with Gasteiger partial charge in [0.25, 0.3) is 5.56 Å². The molecular formula is C25H21F2N5O6. The largest absolute Gasteiger partial charge is 0.443 e. The van der Waals surface area contributed by atoms with Crippen LogP contribution in [0.5, 0.6) is 0 Å². The molecule has 196 valence electrons. The van der Waals surface area contributed by atoms with Crippen LogP contribution < -0.4 is 10.5 Å². The average molecular weight is 525 g/mol. The number of nitrogens with one attached hydrogen (secondary N) is 1. The van der Waals surface area contributed by atoms with Gasteiger partial charge in [-0.05, 0) is 50.6 Å². The van der Waals surface area contributed by atoms with Crippen molar-refractivity contribution in [2.24, 2.45) is 0 Å². The molecule has 0 bridgehead atoms. The van der Waals surface area contributed by atoms with E-state index in [1.807, 2.05) is 0 Å². The number of aromatic amines is 1. The molecule has 3 heterocycles. The number of anilines is 1.